The molecule has 0 spiro atoms. The summed E-state index contributed by atoms with van der Waals surface area (Å²) in [6, 6.07) is 12.5. The number of nitrogens with zero attached hydrogens (tertiary/aromatic N) is 3. The predicted molar refractivity (Wildman–Crippen MR) is 127 cm³/mol. The Labute approximate surface area is 186 Å². The van der Waals surface area contributed by atoms with E-state index in [4.69, 9.17) is 4.74 Å². The Bertz CT molecular complexity index is 1380. The number of hydrogen-bond donors (Lipinski definition) is 2. The zero-order chi connectivity index (χ0) is 21.5. The van der Waals surface area contributed by atoms with E-state index in [1.807, 2.05) is 30.6 Å². The van der Waals surface area contributed by atoms with Crippen molar-refractivity contribution in [3.8, 4) is 28.3 Å². The lowest BCUT2D eigenvalue weighted by molar-refractivity contribution is 0.154. The van der Waals surface area contributed by atoms with Gasteiger partial charge < -0.3 is 9.72 Å². The number of H-pyrrole nitrogens is 2. The van der Waals surface area contributed by atoms with Crippen molar-refractivity contribution in [3.05, 3.63) is 60.6 Å². The van der Waals surface area contributed by atoms with Crippen LogP contribution in [0.2, 0.25) is 0 Å². The summed E-state index contributed by atoms with van der Waals surface area (Å²) in [4.78, 5) is 12.4. The molecule has 1 aromatic carbocycles. The number of nitrogens with one attached hydrogen (secondary N) is 2. The van der Waals surface area contributed by atoms with E-state index in [1.165, 1.54) is 24.8 Å². The normalized spacial score (nSPS) is 14.9. The number of pyridine rings is 2. The van der Waals surface area contributed by atoms with Crippen LogP contribution in [0.1, 0.15) is 37.7 Å². The largest absolute Gasteiger partial charge is 0.489 e. The molecule has 1 saturated carbocycles. The molecule has 1 aliphatic rings. The molecule has 32 heavy (non-hydrogen) atoms. The fraction of sp³-hybridized carbons (Fsp3) is 0.269. The van der Waals surface area contributed by atoms with Gasteiger partial charge in [0.05, 0.1) is 34.5 Å². The third-order valence-electron chi connectivity index (χ3n) is 6.43. The van der Waals surface area contributed by atoms with Crippen molar-refractivity contribution < 1.29 is 4.74 Å². The molecule has 6 rings (SSSR count). The van der Waals surface area contributed by atoms with E-state index in [0.29, 0.717) is 6.10 Å². The molecule has 4 heterocycles. The first kappa shape index (κ1) is 19.0. The van der Waals surface area contributed by atoms with Gasteiger partial charge in [-0.25, -0.2) is 0 Å². The summed E-state index contributed by atoms with van der Waals surface area (Å²) in [7, 11) is 0. The van der Waals surface area contributed by atoms with E-state index in [1.54, 1.807) is 6.20 Å². The lowest BCUT2D eigenvalue weighted by atomic mass is 9.97. The van der Waals surface area contributed by atoms with Crippen LogP contribution < -0.4 is 4.74 Å². The van der Waals surface area contributed by atoms with Crippen LogP contribution >= 0.6 is 0 Å². The van der Waals surface area contributed by atoms with Crippen LogP contribution in [0.4, 0.5) is 0 Å². The van der Waals surface area contributed by atoms with Crippen LogP contribution in [-0.2, 0) is 0 Å². The smallest absolute Gasteiger partial charge is 0.138 e. The summed E-state index contributed by atoms with van der Waals surface area (Å²) >= 11 is 0. The van der Waals surface area contributed by atoms with Crippen LogP contribution in [0.3, 0.4) is 0 Å². The summed E-state index contributed by atoms with van der Waals surface area (Å²) < 4.78 is 6.26. The van der Waals surface area contributed by atoms with Gasteiger partial charge in [0.2, 0.25) is 0 Å². The number of aromatic amines is 2. The summed E-state index contributed by atoms with van der Waals surface area (Å²) in [5.74, 6) is 0.850. The second-order valence-electron chi connectivity index (χ2n) is 8.69. The first-order valence-electron chi connectivity index (χ1n) is 11.3. The number of aromatic nitrogens is 5. The number of fused-ring (bicyclic) bond motifs is 2. The first-order valence-corrected chi connectivity index (χ1v) is 11.3. The topological polar surface area (TPSA) is 79.5 Å². The molecule has 4 aromatic heterocycles. The molecule has 0 radical (unpaired) electrons. The molecule has 0 atom stereocenters. The van der Waals surface area contributed by atoms with Crippen molar-refractivity contribution in [3.63, 3.8) is 0 Å². The Morgan fingerprint density at radius 3 is 2.78 bits per heavy atom. The SMILES string of the molecule is Cc1cc2[nH]nc(-c3cc4ncccc4[nH]3)c2cc1-c1cncc(OC2CCCCC2)c1. The van der Waals surface area contributed by atoms with Crippen LogP contribution in [0, 0.1) is 6.92 Å². The van der Waals surface area contributed by atoms with Gasteiger partial charge in [-0.1, -0.05) is 6.42 Å². The second-order valence-corrected chi connectivity index (χ2v) is 8.69. The molecule has 160 valence electrons. The molecule has 0 aliphatic heterocycles. The highest BCUT2D eigenvalue weighted by atomic mass is 16.5. The van der Waals surface area contributed by atoms with Crippen molar-refractivity contribution in [2.45, 2.75) is 45.1 Å². The molecule has 2 N–H and O–H groups in total. The van der Waals surface area contributed by atoms with Gasteiger partial charge in [0.15, 0.2) is 0 Å². The molecule has 6 heteroatoms. The zero-order valence-electron chi connectivity index (χ0n) is 18.1. The standard InChI is InChI=1S/C26H25N5O/c1-16-10-23-21(26(31-30-23)25-13-24-22(29-25)8-5-9-28-24)12-20(16)17-11-19(15-27-14-17)32-18-6-3-2-4-7-18/h5,8-15,18,29H,2-4,6-7H2,1H3,(H,30,31). The average Bonchev–Trinajstić information content (AvgIpc) is 3.43. The third-order valence-corrected chi connectivity index (χ3v) is 6.43. The van der Waals surface area contributed by atoms with E-state index in [-0.39, 0.29) is 0 Å². The molecule has 6 nitrogen and oxygen atoms in total. The zero-order valence-corrected chi connectivity index (χ0v) is 18.1. The van der Waals surface area contributed by atoms with Crippen LogP contribution in [0.25, 0.3) is 44.5 Å². The molecular formula is C26H25N5O. The number of hydrogen-bond acceptors (Lipinski definition) is 4. The van der Waals surface area contributed by atoms with Gasteiger partial charge in [0.1, 0.15) is 11.4 Å². The van der Waals surface area contributed by atoms with E-state index in [2.05, 4.69) is 50.3 Å². The average molecular weight is 424 g/mol. The maximum absolute atomic E-state index is 6.26. The minimum Gasteiger partial charge on any atom is -0.489 e. The van der Waals surface area contributed by atoms with Crippen LogP contribution in [-0.4, -0.2) is 31.3 Å². The predicted octanol–water partition coefficient (Wildman–Crippen LogP) is 6.19. The molecule has 5 aromatic rings. The molecule has 1 fully saturated rings. The molecule has 0 unspecified atom stereocenters. The Balaban J connectivity index is 1.40. The van der Waals surface area contributed by atoms with Gasteiger partial charge in [0.25, 0.3) is 0 Å². The summed E-state index contributed by atoms with van der Waals surface area (Å²) in [6.07, 6.45) is 11.9. The van der Waals surface area contributed by atoms with Gasteiger partial charge in [-0.05, 0) is 80.1 Å². The number of rotatable bonds is 4. The van der Waals surface area contributed by atoms with E-state index >= 15 is 0 Å². The molecule has 0 saturated heterocycles. The monoisotopic (exact) mass is 423 g/mol. The minimum absolute atomic E-state index is 0.306. The Kier molecular flexibility index (Phi) is 4.63. The van der Waals surface area contributed by atoms with E-state index < -0.39 is 0 Å². The summed E-state index contributed by atoms with van der Waals surface area (Å²) in [6.45, 7) is 2.12. The Morgan fingerprint density at radius 1 is 1.00 bits per heavy atom. The second kappa shape index (κ2) is 7.79. The highest BCUT2D eigenvalue weighted by molar-refractivity contribution is 5.97. The molecular weight excluding hydrogens is 398 g/mol. The highest BCUT2D eigenvalue weighted by Gasteiger charge is 2.17. The maximum atomic E-state index is 6.26. The number of ether oxygens (including phenoxy) is 1. The highest BCUT2D eigenvalue weighted by Crippen LogP contribution is 2.34. The van der Waals surface area contributed by atoms with Crippen molar-refractivity contribution in [1.82, 2.24) is 25.1 Å². The van der Waals surface area contributed by atoms with E-state index in [0.717, 1.165) is 63.0 Å². The van der Waals surface area contributed by atoms with Gasteiger partial charge in [-0.15, -0.1) is 0 Å². The van der Waals surface area contributed by atoms with Crippen LogP contribution in [0.5, 0.6) is 5.75 Å². The van der Waals surface area contributed by atoms with Crippen molar-refractivity contribution in [1.29, 1.82) is 0 Å². The summed E-state index contributed by atoms with van der Waals surface area (Å²) in [5, 5.41) is 8.86. The molecule has 1 aliphatic carbocycles. The molecule has 0 bridgehead atoms. The third kappa shape index (κ3) is 3.42. The van der Waals surface area contributed by atoms with Gasteiger partial charge in [-0.3, -0.25) is 15.1 Å². The van der Waals surface area contributed by atoms with Crippen molar-refractivity contribution in [2.75, 3.05) is 0 Å². The van der Waals surface area contributed by atoms with Crippen molar-refractivity contribution in [2.24, 2.45) is 0 Å². The Hall–Kier alpha value is -3.67. The minimum atomic E-state index is 0.306. The van der Waals surface area contributed by atoms with Crippen LogP contribution in [0.15, 0.2) is 55.0 Å². The lowest BCUT2D eigenvalue weighted by Crippen LogP contribution is -2.19. The quantitative estimate of drug-likeness (QED) is 0.361. The first-order chi connectivity index (χ1) is 15.7. The number of aryl methyl sites for hydroxylation is 1. The van der Waals surface area contributed by atoms with Gasteiger partial charge in [0, 0.05) is 23.3 Å². The lowest BCUT2D eigenvalue weighted by Gasteiger charge is -2.23. The maximum Gasteiger partial charge on any atom is 0.138 e. The fourth-order valence-corrected chi connectivity index (χ4v) is 4.78. The van der Waals surface area contributed by atoms with Gasteiger partial charge >= 0.3 is 0 Å². The van der Waals surface area contributed by atoms with Crippen molar-refractivity contribution >= 4 is 21.9 Å². The number of benzene rings is 1. The summed E-state index contributed by atoms with van der Waals surface area (Å²) in [5.41, 5.74) is 8.15. The fourth-order valence-electron chi connectivity index (χ4n) is 4.78. The molecule has 0 amide bonds. The van der Waals surface area contributed by atoms with Gasteiger partial charge in [-0.2, -0.15) is 5.10 Å². The Morgan fingerprint density at radius 2 is 1.91 bits per heavy atom. The van der Waals surface area contributed by atoms with E-state index in [9.17, 15) is 0 Å².